The zero-order valence-electron chi connectivity index (χ0n) is 12.4. The minimum atomic E-state index is 0.103. The fraction of sp³-hybridized carbons (Fsp3) is 0.438. The zero-order valence-corrected chi connectivity index (χ0v) is 13.1. The number of aromatic nitrogens is 1. The van der Waals surface area contributed by atoms with E-state index in [1.165, 1.54) is 4.90 Å². The second-order valence-electron chi connectivity index (χ2n) is 5.74. The van der Waals surface area contributed by atoms with Crippen molar-refractivity contribution in [1.82, 2.24) is 4.98 Å². The topological polar surface area (TPSA) is 46.5 Å². The molecule has 1 aliphatic heterocycles. The molecule has 2 N–H and O–H groups in total. The minimum absolute atomic E-state index is 0.103. The van der Waals surface area contributed by atoms with Gasteiger partial charge in [-0.3, -0.25) is 4.79 Å². The average molecular weight is 308 g/mol. The standard InChI is InChI=1S/C16H19ClN2O2/c1-10-7-12(17)8-13-15(10)18-11(2)14(16(13)20)9-19-3-5-21-6-4-19/h7-8H,3-6,9H2,1-2H3,(H,18,20)/p+1. The highest BCUT2D eigenvalue weighted by atomic mass is 35.5. The van der Waals surface area contributed by atoms with Gasteiger partial charge in [-0.25, -0.2) is 0 Å². The first-order valence-corrected chi connectivity index (χ1v) is 7.67. The summed E-state index contributed by atoms with van der Waals surface area (Å²) in [5.74, 6) is 0. The molecule has 112 valence electrons. The largest absolute Gasteiger partial charge is 0.370 e. The Hall–Kier alpha value is -1.36. The molecular weight excluding hydrogens is 288 g/mol. The van der Waals surface area contributed by atoms with Gasteiger partial charge in [-0.2, -0.15) is 0 Å². The number of halogens is 1. The van der Waals surface area contributed by atoms with Crippen LogP contribution in [0, 0.1) is 13.8 Å². The van der Waals surface area contributed by atoms with Gasteiger partial charge in [0.05, 0.1) is 24.3 Å². The van der Waals surface area contributed by atoms with Crippen LogP contribution in [0.5, 0.6) is 0 Å². The smallest absolute Gasteiger partial charge is 0.198 e. The molecule has 3 rings (SSSR count). The molecule has 0 amide bonds. The maximum atomic E-state index is 12.8. The van der Waals surface area contributed by atoms with Crippen LogP contribution in [0.1, 0.15) is 16.8 Å². The number of benzene rings is 1. The van der Waals surface area contributed by atoms with E-state index in [-0.39, 0.29) is 5.43 Å². The van der Waals surface area contributed by atoms with Crippen LogP contribution in [0.15, 0.2) is 16.9 Å². The summed E-state index contributed by atoms with van der Waals surface area (Å²) in [7, 11) is 0. The van der Waals surface area contributed by atoms with Gasteiger partial charge in [0.2, 0.25) is 0 Å². The molecule has 21 heavy (non-hydrogen) atoms. The maximum absolute atomic E-state index is 12.8. The van der Waals surface area contributed by atoms with Crippen molar-refractivity contribution in [2.75, 3.05) is 26.3 Å². The normalized spacial score (nSPS) is 16.5. The third kappa shape index (κ3) is 2.84. The van der Waals surface area contributed by atoms with E-state index in [4.69, 9.17) is 16.3 Å². The molecule has 1 aromatic carbocycles. The summed E-state index contributed by atoms with van der Waals surface area (Å²) in [5.41, 5.74) is 3.81. The van der Waals surface area contributed by atoms with Crippen LogP contribution in [0.2, 0.25) is 5.02 Å². The molecule has 0 bridgehead atoms. The van der Waals surface area contributed by atoms with Crippen molar-refractivity contribution in [3.8, 4) is 0 Å². The van der Waals surface area contributed by atoms with Crippen LogP contribution >= 0.6 is 11.6 Å². The number of quaternary nitrogens is 1. The minimum Gasteiger partial charge on any atom is -0.370 e. The quantitative estimate of drug-likeness (QED) is 0.876. The van der Waals surface area contributed by atoms with Crippen molar-refractivity contribution in [1.29, 1.82) is 0 Å². The van der Waals surface area contributed by atoms with Gasteiger partial charge in [-0.05, 0) is 31.5 Å². The van der Waals surface area contributed by atoms with Crippen molar-refractivity contribution < 1.29 is 9.64 Å². The van der Waals surface area contributed by atoms with Gasteiger partial charge >= 0.3 is 0 Å². The monoisotopic (exact) mass is 307 g/mol. The lowest BCUT2D eigenvalue weighted by Gasteiger charge is -2.24. The van der Waals surface area contributed by atoms with Gasteiger partial charge in [0.15, 0.2) is 5.43 Å². The van der Waals surface area contributed by atoms with Gasteiger partial charge in [0, 0.05) is 16.1 Å². The first-order chi connectivity index (χ1) is 10.1. The second-order valence-corrected chi connectivity index (χ2v) is 6.18. The molecule has 0 aliphatic carbocycles. The lowest BCUT2D eigenvalue weighted by molar-refractivity contribution is -0.921. The summed E-state index contributed by atoms with van der Waals surface area (Å²) in [6.07, 6.45) is 0. The Morgan fingerprint density at radius 1 is 1.29 bits per heavy atom. The summed E-state index contributed by atoms with van der Waals surface area (Å²) in [6, 6.07) is 3.65. The first kappa shape index (κ1) is 14.6. The maximum Gasteiger partial charge on any atom is 0.198 e. The average Bonchev–Trinajstić information content (AvgIpc) is 2.46. The highest BCUT2D eigenvalue weighted by Crippen LogP contribution is 2.20. The molecule has 1 aliphatic rings. The van der Waals surface area contributed by atoms with E-state index in [0.29, 0.717) is 10.4 Å². The van der Waals surface area contributed by atoms with Crippen LogP contribution in [0.25, 0.3) is 10.9 Å². The molecule has 5 heteroatoms. The van der Waals surface area contributed by atoms with Gasteiger partial charge in [-0.15, -0.1) is 0 Å². The molecule has 0 saturated carbocycles. The number of fused-ring (bicyclic) bond motifs is 1. The Morgan fingerprint density at radius 2 is 2.00 bits per heavy atom. The number of hydrogen-bond acceptors (Lipinski definition) is 2. The second kappa shape index (κ2) is 5.79. The van der Waals surface area contributed by atoms with Crippen molar-refractivity contribution in [3.05, 3.63) is 44.2 Å². The summed E-state index contributed by atoms with van der Waals surface area (Å²) in [5, 5.41) is 1.30. The Balaban J connectivity index is 2.08. The predicted molar refractivity (Wildman–Crippen MR) is 84.3 cm³/mol. The molecule has 0 spiro atoms. The number of ether oxygens (including phenoxy) is 1. The van der Waals surface area contributed by atoms with Gasteiger partial charge < -0.3 is 14.6 Å². The van der Waals surface area contributed by atoms with Crippen molar-refractivity contribution in [2.45, 2.75) is 20.4 Å². The summed E-state index contributed by atoms with van der Waals surface area (Å²) < 4.78 is 5.38. The lowest BCUT2D eigenvalue weighted by Crippen LogP contribution is -3.13. The number of nitrogens with one attached hydrogen (secondary N) is 2. The van der Waals surface area contributed by atoms with Crippen molar-refractivity contribution >= 4 is 22.5 Å². The molecule has 1 saturated heterocycles. The van der Waals surface area contributed by atoms with E-state index in [2.05, 4.69) is 4.98 Å². The Labute approximate surface area is 128 Å². The van der Waals surface area contributed by atoms with E-state index < -0.39 is 0 Å². The summed E-state index contributed by atoms with van der Waals surface area (Å²) >= 11 is 6.11. The third-order valence-electron chi connectivity index (χ3n) is 4.21. The fourth-order valence-electron chi connectivity index (χ4n) is 2.98. The van der Waals surface area contributed by atoms with Crippen LogP contribution in [0.3, 0.4) is 0 Å². The Kier molecular flexibility index (Phi) is 4.02. The van der Waals surface area contributed by atoms with Crippen LogP contribution in [0.4, 0.5) is 0 Å². The molecule has 1 fully saturated rings. The fourth-order valence-corrected chi connectivity index (χ4v) is 3.26. The SMILES string of the molecule is Cc1[nH]c2c(C)cc(Cl)cc2c(=O)c1C[NH+]1CCOCC1. The number of H-pyrrole nitrogens is 1. The lowest BCUT2D eigenvalue weighted by atomic mass is 10.1. The zero-order chi connectivity index (χ0) is 15.0. The third-order valence-corrected chi connectivity index (χ3v) is 4.43. The van der Waals surface area contributed by atoms with E-state index in [1.54, 1.807) is 6.07 Å². The number of aromatic amines is 1. The molecule has 0 radical (unpaired) electrons. The summed E-state index contributed by atoms with van der Waals surface area (Å²) in [4.78, 5) is 17.6. The van der Waals surface area contributed by atoms with E-state index in [1.807, 2.05) is 19.9 Å². The molecule has 2 heterocycles. The van der Waals surface area contributed by atoms with Crippen molar-refractivity contribution in [3.63, 3.8) is 0 Å². The number of morpholine rings is 1. The Bertz CT molecular complexity index is 733. The van der Waals surface area contributed by atoms with Gasteiger partial charge in [0.25, 0.3) is 0 Å². The molecule has 4 nitrogen and oxygen atoms in total. The molecule has 0 atom stereocenters. The van der Waals surface area contributed by atoms with E-state index >= 15 is 0 Å². The number of rotatable bonds is 2. The summed E-state index contributed by atoms with van der Waals surface area (Å²) in [6.45, 7) is 8.12. The van der Waals surface area contributed by atoms with E-state index in [0.717, 1.165) is 55.2 Å². The van der Waals surface area contributed by atoms with Crippen LogP contribution < -0.4 is 10.3 Å². The highest BCUT2D eigenvalue weighted by molar-refractivity contribution is 6.31. The molecular formula is C16H20ClN2O2+. The molecule has 2 aromatic rings. The predicted octanol–water partition coefficient (Wildman–Crippen LogP) is 1.21. The van der Waals surface area contributed by atoms with Gasteiger partial charge in [-0.1, -0.05) is 11.6 Å². The van der Waals surface area contributed by atoms with Crippen LogP contribution in [-0.4, -0.2) is 31.3 Å². The van der Waals surface area contributed by atoms with Gasteiger partial charge in [0.1, 0.15) is 19.6 Å². The van der Waals surface area contributed by atoms with Crippen molar-refractivity contribution in [2.24, 2.45) is 0 Å². The first-order valence-electron chi connectivity index (χ1n) is 7.29. The van der Waals surface area contributed by atoms with E-state index in [9.17, 15) is 4.79 Å². The number of pyridine rings is 1. The molecule has 0 unspecified atom stereocenters. The highest BCUT2D eigenvalue weighted by Gasteiger charge is 2.19. The Morgan fingerprint density at radius 3 is 2.71 bits per heavy atom. The van der Waals surface area contributed by atoms with Crippen LogP contribution in [-0.2, 0) is 11.3 Å². The molecule has 1 aromatic heterocycles. The number of aryl methyl sites for hydroxylation is 2. The number of hydrogen-bond donors (Lipinski definition) is 2.